The second-order valence-corrected chi connectivity index (χ2v) is 9.98. The number of nitrogens with zero attached hydrogens (tertiary/aromatic N) is 1. The van der Waals surface area contributed by atoms with E-state index in [4.69, 9.17) is 18.6 Å². The Hall–Kier alpha value is -1.91. The highest BCUT2D eigenvalue weighted by atomic mass is 31.2. The summed E-state index contributed by atoms with van der Waals surface area (Å²) < 4.78 is 32.3. The quantitative estimate of drug-likeness (QED) is 0.309. The van der Waals surface area contributed by atoms with Gasteiger partial charge in [0, 0.05) is 22.4 Å². The van der Waals surface area contributed by atoms with Gasteiger partial charge in [-0.15, -0.1) is 0 Å². The van der Waals surface area contributed by atoms with E-state index >= 15 is 0 Å². The largest absolute Gasteiger partial charge is 0.416 e. The van der Waals surface area contributed by atoms with Crippen LogP contribution in [0.15, 0.2) is 48.5 Å². The molecule has 1 aromatic heterocycles. The molecule has 1 saturated carbocycles. The number of aromatic nitrogens is 1. The second-order valence-electron chi connectivity index (χ2n) is 7.67. The van der Waals surface area contributed by atoms with Crippen LogP contribution in [0.25, 0.3) is 22.0 Å². The topological polar surface area (TPSA) is 40.6 Å². The number of benzene rings is 2. The molecule has 0 saturated heterocycles. The Labute approximate surface area is 184 Å². The molecule has 0 N–H and O–H groups in total. The maximum Gasteiger partial charge on any atom is 0.416 e. The number of rotatable bonds is 10. The Morgan fingerprint density at radius 3 is 2.10 bits per heavy atom. The Kier molecular flexibility index (Phi) is 6.98. The first-order valence-corrected chi connectivity index (χ1v) is 12.8. The summed E-state index contributed by atoms with van der Waals surface area (Å²) >= 11 is 0. The van der Waals surface area contributed by atoms with E-state index in [9.17, 15) is 4.39 Å². The molecule has 1 fully saturated rings. The summed E-state index contributed by atoms with van der Waals surface area (Å²) in [5.41, 5.74) is 5.22. The van der Waals surface area contributed by atoms with Gasteiger partial charge in [-0.3, -0.25) is 4.98 Å². The van der Waals surface area contributed by atoms with Crippen LogP contribution in [0.2, 0.25) is 0 Å². The minimum absolute atomic E-state index is 0.245. The van der Waals surface area contributed by atoms with E-state index in [1.165, 1.54) is 12.1 Å². The van der Waals surface area contributed by atoms with Crippen molar-refractivity contribution in [3.05, 3.63) is 65.6 Å². The van der Waals surface area contributed by atoms with E-state index in [1.807, 2.05) is 51.1 Å². The molecule has 3 aromatic rings. The average Bonchev–Trinajstić information content (AvgIpc) is 3.60. The van der Waals surface area contributed by atoms with Gasteiger partial charge >= 0.3 is 7.94 Å². The first-order chi connectivity index (χ1) is 15.1. The van der Waals surface area contributed by atoms with Gasteiger partial charge in [0.2, 0.25) is 0 Å². The number of fused-ring (bicyclic) bond motifs is 1. The first-order valence-electron chi connectivity index (χ1n) is 11.1. The maximum atomic E-state index is 13.7. The highest BCUT2D eigenvalue weighted by Crippen LogP contribution is 2.66. The van der Waals surface area contributed by atoms with Gasteiger partial charge in [-0.05, 0) is 57.4 Å². The average molecular weight is 442 g/mol. The number of hydrogen-bond donors (Lipinski definition) is 0. The first kappa shape index (κ1) is 22.3. The molecule has 4 nitrogen and oxygen atoms in total. The molecule has 0 spiro atoms. The van der Waals surface area contributed by atoms with Crippen molar-refractivity contribution in [1.82, 2.24) is 4.98 Å². The molecular formula is C25H30FNO3P+. The van der Waals surface area contributed by atoms with Gasteiger partial charge in [0.25, 0.3) is 0 Å². The fourth-order valence-electron chi connectivity index (χ4n) is 4.10. The molecule has 0 unspecified atom stereocenters. The molecule has 0 amide bonds. The SMILES string of the molecule is CCO[P+](Cc1c(C2CC2)nc2ccccc2c1-c1ccc(F)cc1)(OCC)OCC. The fraction of sp³-hybridized carbons (Fsp3) is 0.400. The molecule has 31 heavy (non-hydrogen) atoms. The third kappa shape index (κ3) is 4.80. The molecule has 1 aliphatic rings. The summed E-state index contributed by atoms with van der Waals surface area (Å²) in [6, 6.07) is 14.9. The number of para-hydroxylation sites is 1. The van der Waals surface area contributed by atoms with Crippen molar-refractivity contribution in [3.8, 4) is 11.1 Å². The van der Waals surface area contributed by atoms with Gasteiger partial charge in [0.15, 0.2) is 6.16 Å². The summed E-state index contributed by atoms with van der Waals surface area (Å²) in [5, 5.41) is 1.05. The van der Waals surface area contributed by atoms with Gasteiger partial charge in [0.05, 0.1) is 31.0 Å². The molecule has 1 heterocycles. The van der Waals surface area contributed by atoms with Gasteiger partial charge in [-0.2, -0.15) is 13.6 Å². The molecule has 164 valence electrons. The molecule has 1 aliphatic carbocycles. The second kappa shape index (κ2) is 9.70. The third-order valence-corrected chi connectivity index (χ3v) is 8.11. The van der Waals surface area contributed by atoms with Crippen molar-refractivity contribution in [2.24, 2.45) is 0 Å². The number of pyridine rings is 1. The van der Waals surface area contributed by atoms with Crippen LogP contribution in [-0.4, -0.2) is 24.8 Å². The summed E-state index contributed by atoms with van der Waals surface area (Å²) in [6.45, 7) is 7.44. The van der Waals surface area contributed by atoms with Gasteiger partial charge < -0.3 is 0 Å². The van der Waals surface area contributed by atoms with Crippen LogP contribution in [-0.2, 0) is 19.7 Å². The van der Waals surface area contributed by atoms with Crippen LogP contribution in [0.1, 0.15) is 50.8 Å². The van der Waals surface area contributed by atoms with E-state index < -0.39 is 7.94 Å². The molecule has 6 heteroatoms. The lowest BCUT2D eigenvalue weighted by Crippen LogP contribution is -2.13. The smallest absolute Gasteiger partial charge is 0.252 e. The molecule has 4 rings (SSSR count). The molecule has 0 aliphatic heterocycles. The summed E-state index contributed by atoms with van der Waals surface area (Å²) in [5.74, 6) is 0.191. The zero-order valence-corrected chi connectivity index (χ0v) is 19.3. The summed E-state index contributed by atoms with van der Waals surface area (Å²) in [7, 11) is -2.61. The van der Waals surface area contributed by atoms with E-state index in [0.29, 0.717) is 31.9 Å². The Morgan fingerprint density at radius 1 is 0.903 bits per heavy atom. The van der Waals surface area contributed by atoms with Crippen LogP contribution in [0.5, 0.6) is 0 Å². The van der Waals surface area contributed by atoms with Crippen LogP contribution < -0.4 is 0 Å². The van der Waals surface area contributed by atoms with E-state index in [2.05, 4.69) is 6.07 Å². The summed E-state index contributed by atoms with van der Waals surface area (Å²) in [4.78, 5) is 5.08. The Morgan fingerprint density at radius 2 is 1.52 bits per heavy atom. The van der Waals surface area contributed by atoms with E-state index in [1.54, 1.807) is 0 Å². The molecule has 2 aromatic carbocycles. The normalized spacial score (nSPS) is 14.3. The lowest BCUT2D eigenvalue weighted by molar-refractivity contribution is 0.149. The lowest BCUT2D eigenvalue weighted by atomic mass is 9.93. The lowest BCUT2D eigenvalue weighted by Gasteiger charge is -2.24. The van der Waals surface area contributed by atoms with Gasteiger partial charge in [-0.1, -0.05) is 30.3 Å². The fourth-order valence-corrected chi connectivity index (χ4v) is 6.49. The highest BCUT2D eigenvalue weighted by molar-refractivity contribution is 7.60. The van der Waals surface area contributed by atoms with Crippen LogP contribution in [0.4, 0.5) is 4.39 Å². The Balaban J connectivity index is 1.96. The predicted octanol–water partition coefficient (Wildman–Crippen LogP) is 7.29. The molecule has 0 atom stereocenters. The van der Waals surface area contributed by atoms with Crippen LogP contribution in [0, 0.1) is 5.82 Å². The molecular weight excluding hydrogens is 412 g/mol. The van der Waals surface area contributed by atoms with Gasteiger partial charge in [-0.25, -0.2) is 4.39 Å². The predicted molar refractivity (Wildman–Crippen MR) is 125 cm³/mol. The third-order valence-electron chi connectivity index (χ3n) is 5.45. The van der Waals surface area contributed by atoms with Crippen molar-refractivity contribution in [1.29, 1.82) is 0 Å². The standard InChI is InChI=1S/C25H30FNO3P/c1-4-28-31(29-5-2,30-6-3)17-22-24(18-13-15-20(26)16-14-18)21-9-7-8-10-23(21)27-25(22)19-11-12-19/h7-10,13-16,19H,4-6,11-12,17H2,1-3H3/q+1. The van der Waals surface area contributed by atoms with Gasteiger partial charge in [0.1, 0.15) is 5.82 Å². The summed E-state index contributed by atoms with van der Waals surface area (Å²) in [6.07, 6.45) is 2.79. The van der Waals surface area contributed by atoms with Crippen molar-refractivity contribution >= 4 is 18.8 Å². The van der Waals surface area contributed by atoms with E-state index in [-0.39, 0.29) is 5.82 Å². The van der Waals surface area contributed by atoms with Crippen molar-refractivity contribution in [3.63, 3.8) is 0 Å². The molecule has 0 bridgehead atoms. The molecule has 0 radical (unpaired) electrons. The van der Waals surface area contributed by atoms with Crippen molar-refractivity contribution in [2.75, 3.05) is 19.8 Å². The Bertz CT molecular complexity index is 1020. The van der Waals surface area contributed by atoms with E-state index in [0.717, 1.165) is 46.1 Å². The minimum Gasteiger partial charge on any atom is -0.252 e. The van der Waals surface area contributed by atoms with Crippen molar-refractivity contribution in [2.45, 2.75) is 45.7 Å². The zero-order valence-electron chi connectivity index (χ0n) is 18.4. The minimum atomic E-state index is -2.61. The highest BCUT2D eigenvalue weighted by Gasteiger charge is 2.47. The van der Waals surface area contributed by atoms with Crippen LogP contribution in [0.3, 0.4) is 0 Å². The number of hydrogen-bond acceptors (Lipinski definition) is 4. The maximum absolute atomic E-state index is 13.7. The van der Waals surface area contributed by atoms with Crippen LogP contribution >= 0.6 is 7.94 Å². The monoisotopic (exact) mass is 442 g/mol. The number of halogens is 1. The van der Waals surface area contributed by atoms with Crippen molar-refractivity contribution < 1.29 is 18.0 Å². The zero-order chi connectivity index (χ0) is 21.8.